The molecular formula is C19H19FN4O. The lowest BCUT2D eigenvalue weighted by molar-refractivity contribution is 0.244. The van der Waals surface area contributed by atoms with E-state index in [-0.39, 0.29) is 11.9 Å². The van der Waals surface area contributed by atoms with Crippen molar-refractivity contribution < 1.29 is 9.13 Å². The Morgan fingerprint density at radius 1 is 0.880 bits per heavy atom. The van der Waals surface area contributed by atoms with Gasteiger partial charge in [0.15, 0.2) is 0 Å². The van der Waals surface area contributed by atoms with Crippen LogP contribution in [0.2, 0.25) is 0 Å². The van der Waals surface area contributed by atoms with Crippen molar-refractivity contribution in [2.24, 2.45) is 0 Å². The molecule has 0 spiro atoms. The summed E-state index contributed by atoms with van der Waals surface area (Å²) in [5.74, 6) is 1.46. The highest BCUT2D eigenvalue weighted by Gasteiger charge is 2.08. The molecule has 0 aliphatic rings. The van der Waals surface area contributed by atoms with Gasteiger partial charge in [-0.05, 0) is 38.1 Å². The highest BCUT2D eigenvalue weighted by atomic mass is 19.1. The molecule has 2 aromatic carbocycles. The quantitative estimate of drug-likeness (QED) is 0.670. The van der Waals surface area contributed by atoms with Crippen LogP contribution < -0.4 is 15.4 Å². The largest absolute Gasteiger partial charge is 0.489 e. The van der Waals surface area contributed by atoms with E-state index in [0.717, 1.165) is 11.4 Å². The van der Waals surface area contributed by atoms with E-state index in [4.69, 9.17) is 4.74 Å². The molecule has 0 atom stereocenters. The van der Waals surface area contributed by atoms with E-state index in [9.17, 15) is 4.39 Å². The Balaban J connectivity index is 1.80. The number of hydrogen-bond acceptors (Lipinski definition) is 5. The first-order chi connectivity index (χ1) is 12.1. The zero-order valence-corrected chi connectivity index (χ0v) is 14.0. The third kappa shape index (κ3) is 4.44. The molecule has 0 saturated carbocycles. The molecule has 128 valence electrons. The van der Waals surface area contributed by atoms with Gasteiger partial charge < -0.3 is 15.4 Å². The number of para-hydroxylation sites is 3. The van der Waals surface area contributed by atoms with Gasteiger partial charge in [0.25, 0.3) is 0 Å². The van der Waals surface area contributed by atoms with Crippen LogP contribution in [-0.2, 0) is 0 Å². The number of ether oxygens (including phenoxy) is 1. The second kappa shape index (κ2) is 7.61. The second-order valence-electron chi connectivity index (χ2n) is 5.68. The third-order valence-electron chi connectivity index (χ3n) is 3.32. The zero-order valence-electron chi connectivity index (χ0n) is 14.0. The maximum absolute atomic E-state index is 13.8. The van der Waals surface area contributed by atoms with E-state index in [1.165, 1.54) is 12.4 Å². The monoisotopic (exact) mass is 338 g/mol. The molecule has 1 heterocycles. The van der Waals surface area contributed by atoms with Crippen molar-refractivity contribution >= 4 is 23.0 Å². The van der Waals surface area contributed by atoms with Crippen LogP contribution in [0.1, 0.15) is 13.8 Å². The summed E-state index contributed by atoms with van der Waals surface area (Å²) in [6.07, 6.45) is 1.48. The Hall–Kier alpha value is -3.15. The summed E-state index contributed by atoms with van der Waals surface area (Å²) in [6.45, 7) is 3.94. The van der Waals surface area contributed by atoms with E-state index in [1.807, 2.05) is 38.1 Å². The normalized spacial score (nSPS) is 10.6. The van der Waals surface area contributed by atoms with Gasteiger partial charge in [0.05, 0.1) is 17.5 Å². The van der Waals surface area contributed by atoms with Crippen LogP contribution in [0.15, 0.2) is 60.9 Å². The minimum Gasteiger partial charge on any atom is -0.489 e. The molecule has 6 heteroatoms. The SMILES string of the molecule is CC(C)Oc1ccccc1Nc1cc(Nc2ccccc2F)ncn1. The number of rotatable bonds is 6. The minimum atomic E-state index is -0.341. The summed E-state index contributed by atoms with van der Waals surface area (Å²) >= 11 is 0. The number of hydrogen-bond donors (Lipinski definition) is 2. The van der Waals surface area contributed by atoms with E-state index >= 15 is 0 Å². The molecule has 3 aromatic rings. The summed E-state index contributed by atoms with van der Waals surface area (Å²) in [5, 5.41) is 6.16. The van der Waals surface area contributed by atoms with Crippen molar-refractivity contribution in [2.75, 3.05) is 10.6 Å². The van der Waals surface area contributed by atoms with Gasteiger partial charge in [-0.25, -0.2) is 14.4 Å². The topological polar surface area (TPSA) is 59.1 Å². The number of halogens is 1. The van der Waals surface area contributed by atoms with E-state index in [0.29, 0.717) is 17.3 Å². The maximum Gasteiger partial charge on any atom is 0.146 e. The van der Waals surface area contributed by atoms with Crippen molar-refractivity contribution in [3.05, 3.63) is 66.7 Å². The fourth-order valence-corrected chi connectivity index (χ4v) is 2.26. The first kappa shape index (κ1) is 16.7. The summed E-state index contributed by atoms with van der Waals surface area (Å²) in [7, 11) is 0. The summed E-state index contributed by atoms with van der Waals surface area (Å²) in [6, 6.07) is 15.8. The van der Waals surface area contributed by atoms with Gasteiger partial charge in [-0.1, -0.05) is 24.3 Å². The van der Waals surface area contributed by atoms with Crippen LogP contribution in [0.3, 0.4) is 0 Å². The number of nitrogens with zero attached hydrogens (tertiary/aromatic N) is 2. The van der Waals surface area contributed by atoms with Crippen LogP contribution >= 0.6 is 0 Å². The van der Waals surface area contributed by atoms with Crippen molar-refractivity contribution in [2.45, 2.75) is 20.0 Å². The van der Waals surface area contributed by atoms with Crippen LogP contribution in [-0.4, -0.2) is 16.1 Å². The molecule has 2 N–H and O–H groups in total. The van der Waals surface area contributed by atoms with Gasteiger partial charge in [-0.2, -0.15) is 0 Å². The van der Waals surface area contributed by atoms with Crippen molar-refractivity contribution in [3.63, 3.8) is 0 Å². The maximum atomic E-state index is 13.8. The molecule has 3 rings (SSSR count). The number of aromatic nitrogens is 2. The van der Waals surface area contributed by atoms with Gasteiger partial charge in [-0.3, -0.25) is 0 Å². The van der Waals surface area contributed by atoms with Gasteiger partial charge in [0, 0.05) is 6.07 Å². The number of anilines is 4. The summed E-state index contributed by atoms with van der Waals surface area (Å²) < 4.78 is 19.5. The Morgan fingerprint density at radius 2 is 1.48 bits per heavy atom. The van der Waals surface area contributed by atoms with Crippen LogP contribution in [0.25, 0.3) is 0 Å². The average Bonchev–Trinajstić information content (AvgIpc) is 2.59. The molecule has 0 bridgehead atoms. The van der Waals surface area contributed by atoms with Crippen molar-refractivity contribution in [1.82, 2.24) is 9.97 Å². The molecule has 0 aliphatic carbocycles. The molecule has 1 aromatic heterocycles. The molecule has 0 unspecified atom stereocenters. The standard InChI is InChI=1S/C19H19FN4O/c1-13(2)25-17-10-6-5-9-16(17)24-19-11-18(21-12-22-19)23-15-8-4-3-7-14(15)20/h3-13H,1-2H3,(H2,21,22,23,24). The van der Waals surface area contributed by atoms with Gasteiger partial charge in [-0.15, -0.1) is 0 Å². The first-order valence-corrected chi connectivity index (χ1v) is 7.98. The molecule has 25 heavy (non-hydrogen) atoms. The number of nitrogens with one attached hydrogen (secondary N) is 2. The summed E-state index contributed by atoms with van der Waals surface area (Å²) in [5.41, 5.74) is 1.16. The molecule has 0 saturated heterocycles. The van der Waals surface area contributed by atoms with Gasteiger partial charge in [0.2, 0.25) is 0 Å². The Morgan fingerprint density at radius 3 is 2.16 bits per heavy atom. The van der Waals surface area contributed by atoms with Crippen molar-refractivity contribution in [3.8, 4) is 5.75 Å². The van der Waals surface area contributed by atoms with Crippen molar-refractivity contribution in [1.29, 1.82) is 0 Å². The molecule has 0 aliphatic heterocycles. The highest BCUT2D eigenvalue weighted by Crippen LogP contribution is 2.28. The Kier molecular flexibility index (Phi) is 5.09. The number of benzene rings is 2. The van der Waals surface area contributed by atoms with E-state index in [2.05, 4.69) is 20.6 Å². The Bertz CT molecular complexity index is 854. The highest BCUT2D eigenvalue weighted by molar-refractivity contribution is 5.67. The fourth-order valence-electron chi connectivity index (χ4n) is 2.26. The van der Waals surface area contributed by atoms with E-state index < -0.39 is 0 Å². The second-order valence-corrected chi connectivity index (χ2v) is 5.68. The Labute approximate surface area is 145 Å². The molecular weight excluding hydrogens is 319 g/mol. The summed E-state index contributed by atoms with van der Waals surface area (Å²) in [4.78, 5) is 8.34. The third-order valence-corrected chi connectivity index (χ3v) is 3.32. The molecule has 0 fully saturated rings. The zero-order chi connectivity index (χ0) is 17.6. The fraction of sp³-hybridized carbons (Fsp3) is 0.158. The smallest absolute Gasteiger partial charge is 0.146 e. The lowest BCUT2D eigenvalue weighted by Crippen LogP contribution is -2.07. The minimum absolute atomic E-state index is 0.0617. The molecule has 0 amide bonds. The predicted octanol–water partition coefficient (Wildman–Crippen LogP) is 4.89. The molecule has 5 nitrogen and oxygen atoms in total. The first-order valence-electron chi connectivity index (χ1n) is 7.98. The van der Waals surface area contributed by atoms with Gasteiger partial charge >= 0.3 is 0 Å². The van der Waals surface area contributed by atoms with E-state index in [1.54, 1.807) is 24.3 Å². The predicted molar refractivity (Wildman–Crippen MR) is 97.2 cm³/mol. The lowest BCUT2D eigenvalue weighted by atomic mass is 10.3. The lowest BCUT2D eigenvalue weighted by Gasteiger charge is -2.15. The average molecular weight is 338 g/mol. The van der Waals surface area contributed by atoms with Crippen LogP contribution in [0, 0.1) is 5.82 Å². The van der Waals surface area contributed by atoms with Gasteiger partial charge in [0.1, 0.15) is 29.5 Å². The molecule has 0 radical (unpaired) electrons. The van der Waals surface area contributed by atoms with Crippen LogP contribution in [0.5, 0.6) is 5.75 Å². The van der Waals surface area contributed by atoms with Crippen LogP contribution in [0.4, 0.5) is 27.4 Å².